The lowest BCUT2D eigenvalue weighted by Gasteiger charge is -2.25. The Bertz CT molecular complexity index is 420. The molecule has 2 rings (SSSR count). The molecule has 6 nitrogen and oxygen atoms in total. The van der Waals surface area contributed by atoms with Gasteiger partial charge in [-0.05, 0) is 24.3 Å². The van der Waals surface area contributed by atoms with E-state index >= 15 is 0 Å². The van der Waals surface area contributed by atoms with Crippen LogP contribution >= 0.6 is 0 Å². The molecular weight excluding hydrogens is 222 g/mol. The number of nitrogens with zero attached hydrogens (tertiary/aromatic N) is 1. The maximum atomic E-state index is 11.3. The molecule has 92 valence electrons. The largest absolute Gasteiger partial charge is 0.399 e. The van der Waals surface area contributed by atoms with E-state index in [1.807, 2.05) is 0 Å². The average Bonchev–Trinajstić information content (AvgIpc) is 2.56. The van der Waals surface area contributed by atoms with Gasteiger partial charge in [-0.2, -0.15) is 0 Å². The number of benzene rings is 1. The third-order valence-electron chi connectivity index (χ3n) is 2.95. The van der Waals surface area contributed by atoms with E-state index in [4.69, 9.17) is 11.5 Å². The third kappa shape index (κ3) is 2.04. The summed E-state index contributed by atoms with van der Waals surface area (Å²) in [6.07, 6.45) is -2.14. The molecule has 1 fully saturated rings. The normalized spacial score (nSPS) is 28.4. The van der Waals surface area contributed by atoms with Crippen LogP contribution in [0.3, 0.4) is 0 Å². The van der Waals surface area contributed by atoms with Crippen LogP contribution in [0.4, 0.5) is 11.4 Å². The second kappa shape index (κ2) is 4.23. The molecule has 0 aliphatic carbocycles. The van der Waals surface area contributed by atoms with Crippen LogP contribution in [0.1, 0.15) is 0 Å². The second-order valence-electron chi connectivity index (χ2n) is 4.15. The Morgan fingerprint density at radius 2 is 1.88 bits per heavy atom. The molecule has 1 heterocycles. The van der Waals surface area contributed by atoms with Gasteiger partial charge in [-0.3, -0.25) is 4.79 Å². The van der Waals surface area contributed by atoms with Crippen LogP contribution in [-0.2, 0) is 4.79 Å². The van der Waals surface area contributed by atoms with Crippen LogP contribution in [0.25, 0.3) is 0 Å². The van der Waals surface area contributed by atoms with E-state index in [1.54, 1.807) is 29.2 Å². The van der Waals surface area contributed by atoms with Gasteiger partial charge in [0.05, 0.1) is 6.10 Å². The Morgan fingerprint density at radius 3 is 2.41 bits per heavy atom. The van der Waals surface area contributed by atoms with E-state index in [1.165, 1.54) is 0 Å². The first-order valence-electron chi connectivity index (χ1n) is 5.28. The standard InChI is InChI=1S/C11H15N3O3/c12-6-1-3-7(4-2-6)14-5-8(15)10(16)9(14)11(13)17/h1-4,8-10,15-16H,5,12H2,(H2,13,17). The molecule has 1 aliphatic heterocycles. The molecule has 6 N–H and O–H groups in total. The molecule has 1 aliphatic rings. The summed E-state index contributed by atoms with van der Waals surface area (Å²) in [6.45, 7) is 0.165. The van der Waals surface area contributed by atoms with Crippen LogP contribution in [0.15, 0.2) is 24.3 Å². The smallest absolute Gasteiger partial charge is 0.242 e. The van der Waals surface area contributed by atoms with E-state index in [0.717, 1.165) is 0 Å². The van der Waals surface area contributed by atoms with Crippen LogP contribution in [0.2, 0.25) is 0 Å². The summed E-state index contributed by atoms with van der Waals surface area (Å²) < 4.78 is 0. The maximum Gasteiger partial charge on any atom is 0.242 e. The highest BCUT2D eigenvalue weighted by Crippen LogP contribution is 2.26. The van der Waals surface area contributed by atoms with Crippen molar-refractivity contribution in [2.75, 3.05) is 17.2 Å². The average molecular weight is 237 g/mol. The zero-order valence-corrected chi connectivity index (χ0v) is 9.15. The summed E-state index contributed by atoms with van der Waals surface area (Å²) in [6, 6.07) is 5.90. The summed E-state index contributed by atoms with van der Waals surface area (Å²) in [7, 11) is 0. The predicted molar refractivity (Wildman–Crippen MR) is 63.2 cm³/mol. The van der Waals surface area contributed by atoms with Gasteiger partial charge >= 0.3 is 0 Å². The van der Waals surface area contributed by atoms with E-state index in [9.17, 15) is 15.0 Å². The van der Waals surface area contributed by atoms with Gasteiger partial charge in [0.15, 0.2) is 0 Å². The Kier molecular flexibility index (Phi) is 2.91. The molecule has 1 saturated heterocycles. The van der Waals surface area contributed by atoms with Crippen molar-refractivity contribution in [3.8, 4) is 0 Å². The molecule has 0 radical (unpaired) electrons. The minimum Gasteiger partial charge on any atom is -0.399 e. The van der Waals surface area contributed by atoms with E-state index in [0.29, 0.717) is 11.4 Å². The number of aliphatic hydroxyl groups is 2. The fourth-order valence-corrected chi connectivity index (χ4v) is 2.07. The number of nitrogens with two attached hydrogens (primary N) is 2. The van der Waals surface area contributed by atoms with Gasteiger partial charge in [0, 0.05) is 17.9 Å². The van der Waals surface area contributed by atoms with Crippen molar-refractivity contribution in [2.45, 2.75) is 18.2 Å². The van der Waals surface area contributed by atoms with Crippen molar-refractivity contribution in [1.82, 2.24) is 0 Å². The first-order chi connectivity index (χ1) is 8.00. The predicted octanol–water partition coefficient (Wildman–Crippen LogP) is -1.34. The summed E-state index contributed by atoms with van der Waals surface area (Å²) in [5, 5.41) is 19.3. The highest BCUT2D eigenvalue weighted by atomic mass is 16.3. The number of anilines is 2. The number of hydrogen-bond donors (Lipinski definition) is 4. The topological polar surface area (TPSA) is 113 Å². The molecule has 1 aromatic rings. The van der Waals surface area contributed by atoms with Crippen LogP contribution in [0, 0.1) is 0 Å². The van der Waals surface area contributed by atoms with Crippen LogP contribution < -0.4 is 16.4 Å². The minimum atomic E-state index is -1.16. The molecule has 3 unspecified atom stereocenters. The highest BCUT2D eigenvalue weighted by Gasteiger charge is 2.43. The molecule has 0 spiro atoms. The van der Waals surface area contributed by atoms with Crippen molar-refractivity contribution in [3.05, 3.63) is 24.3 Å². The van der Waals surface area contributed by atoms with Gasteiger partial charge in [-0.15, -0.1) is 0 Å². The minimum absolute atomic E-state index is 0.165. The SMILES string of the molecule is NC(=O)C1C(O)C(O)CN1c1ccc(N)cc1. The van der Waals surface area contributed by atoms with Gasteiger partial charge in [0.25, 0.3) is 0 Å². The fraction of sp³-hybridized carbons (Fsp3) is 0.364. The van der Waals surface area contributed by atoms with Gasteiger partial charge in [0.1, 0.15) is 12.1 Å². The molecule has 0 bridgehead atoms. The van der Waals surface area contributed by atoms with Gasteiger partial charge < -0.3 is 26.6 Å². The lowest BCUT2D eigenvalue weighted by Crippen LogP contribution is -2.46. The van der Waals surface area contributed by atoms with E-state index < -0.39 is 24.2 Å². The van der Waals surface area contributed by atoms with Crippen LogP contribution in [-0.4, -0.2) is 40.9 Å². The Balaban J connectivity index is 2.31. The summed E-state index contributed by atoms with van der Waals surface area (Å²) in [5.41, 5.74) is 12.1. The second-order valence-corrected chi connectivity index (χ2v) is 4.15. The van der Waals surface area contributed by atoms with Gasteiger partial charge in [-0.25, -0.2) is 0 Å². The van der Waals surface area contributed by atoms with Crippen molar-refractivity contribution in [2.24, 2.45) is 5.73 Å². The van der Waals surface area contributed by atoms with Crippen molar-refractivity contribution in [3.63, 3.8) is 0 Å². The number of β-amino-alcohol motifs (C(OH)–C–C–N with tert-alkyl or cyclic N) is 1. The molecule has 3 atom stereocenters. The lowest BCUT2D eigenvalue weighted by atomic mass is 10.1. The first kappa shape index (κ1) is 11.7. The number of hydrogen-bond acceptors (Lipinski definition) is 5. The summed E-state index contributed by atoms with van der Waals surface area (Å²) in [5.74, 6) is -0.661. The molecule has 6 heteroatoms. The van der Waals surface area contributed by atoms with Crippen molar-refractivity contribution in [1.29, 1.82) is 0 Å². The Morgan fingerprint density at radius 1 is 1.29 bits per heavy atom. The lowest BCUT2D eigenvalue weighted by molar-refractivity contribution is -0.121. The van der Waals surface area contributed by atoms with Crippen molar-refractivity contribution >= 4 is 17.3 Å². The number of carbonyl (C=O) groups excluding carboxylic acids is 1. The van der Waals surface area contributed by atoms with Crippen LogP contribution in [0.5, 0.6) is 0 Å². The molecule has 1 aromatic carbocycles. The first-order valence-corrected chi connectivity index (χ1v) is 5.28. The van der Waals surface area contributed by atoms with Gasteiger partial charge in [-0.1, -0.05) is 0 Å². The number of amides is 1. The quantitative estimate of drug-likeness (QED) is 0.476. The summed E-state index contributed by atoms with van der Waals surface area (Å²) >= 11 is 0. The number of nitrogen functional groups attached to an aromatic ring is 1. The fourth-order valence-electron chi connectivity index (χ4n) is 2.07. The monoisotopic (exact) mass is 237 g/mol. The number of primary amides is 1. The number of aliphatic hydroxyl groups excluding tert-OH is 2. The Labute approximate surface area is 98.4 Å². The highest BCUT2D eigenvalue weighted by molar-refractivity contribution is 5.85. The molecule has 17 heavy (non-hydrogen) atoms. The Hall–Kier alpha value is -1.79. The number of carbonyl (C=O) groups is 1. The molecule has 0 aromatic heterocycles. The number of rotatable bonds is 2. The molecule has 1 amide bonds. The molecule has 0 saturated carbocycles. The van der Waals surface area contributed by atoms with E-state index in [-0.39, 0.29) is 6.54 Å². The van der Waals surface area contributed by atoms with Gasteiger partial charge in [0.2, 0.25) is 5.91 Å². The van der Waals surface area contributed by atoms with E-state index in [2.05, 4.69) is 0 Å². The van der Waals surface area contributed by atoms with Crippen molar-refractivity contribution < 1.29 is 15.0 Å². The zero-order chi connectivity index (χ0) is 12.6. The third-order valence-corrected chi connectivity index (χ3v) is 2.95. The summed E-state index contributed by atoms with van der Waals surface area (Å²) in [4.78, 5) is 12.9. The maximum absolute atomic E-state index is 11.3. The molecular formula is C11H15N3O3. The zero-order valence-electron chi connectivity index (χ0n) is 9.15.